The molecule has 4 atom stereocenters. The van der Waals surface area contributed by atoms with Crippen LogP contribution >= 0.6 is 0 Å². The Labute approximate surface area is 297 Å². The van der Waals surface area contributed by atoms with E-state index in [1.54, 1.807) is 47.6 Å². The predicted octanol–water partition coefficient (Wildman–Crippen LogP) is 4.33. The molecule has 3 aromatic rings. The number of hydrogen-bond acceptors (Lipinski definition) is 10. The van der Waals surface area contributed by atoms with Crippen LogP contribution in [0.15, 0.2) is 53.7 Å². The van der Waals surface area contributed by atoms with Crippen LogP contribution in [0.25, 0.3) is 21.9 Å². The molecule has 51 heavy (non-hydrogen) atoms. The molecule has 4 amide bonds. The lowest BCUT2D eigenvalue weighted by Gasteiger charge is -2.36. The van der Waals surface area contributed by atoms with E-state index in [4.69, 9.17) is 13.9 Å². The summed E-state index contributed by atoms with van der Waals surface area (Å²) in [6.45, 7) is 15.4. The Morgan fingerprint density at radius 2 is 1.73 bits per heavy atom. The van der Waals surface area contributed by atoms with Gasteiger partial charge in [-0.3, -0.25) is 19.1 Å². The average molecular weight is 726 g/mol. The number of fused-ring (bicyclic) bond motifs is 3. The van der Waals surface area contributed by atoms with Crippen molar-refractivity contribution in [2.45, 2.75) is 109 Å². The summed E-state index contributed by atoms with van der Waals surface area (Å²) in [5.41, 5.74) is -2.24. The monoisotopic (exact) mass is 725 g/mol. The Morgan fingerprint density at radius 3 is 2.33 bits per heavy atom. The number of furan rings is 1. The smallest absolute Gasteiger partial charge is 0.408 e. The molecular weight excluding hydrogens is 678 g/mol. The minimum Gasteiger partial charge on any atom is -0.472 e. The van der Waals surface area contributed by atoms with Gasteiger partial charge in [-0.15, -0.1) is 6.58 Å². The van der Waals surface area contributed by atoms with Crippen LogP contribution in [0.2, 0.25) is 0 Å². The number of pyridine rings is 1. The maximum Gasteiger partial charge on any atom is 0.408 e. The van der Waals surface area contributed by atoms with Gasteiger partial charge in [-0.25, -0.2) is 18.2 Å². The minimum absolute atomic E-state index is 0.00747. The number of rotatable bonds is 11. The lowest BCUT2D eigenvalue weighted by atomic mass is 9.85. The van der Waals surface area contributed by atoms with Crippen LogP contribution in [-0.4, -0.2) is 83.2 Å². The lowest BCUT2D eigenvalue weighted by Crippen LogP contribution is -2.62. The van der Waals surface area contributed by atoms with E-state index in [2.05, 4.69) is 26.9 Å². The zero-order chi connectivity index (χ0) is 37.5. The van der Waals surface area contributed by atoms with Crippen molar-refractivity contribution < 1.29 is 41.5 Å². The topological polar surface area (TPSA) is 186 Å². The highest BCUT2D eigenvalue weighted by Crippen LogP contribution is 2.35. The van der Waals surface area contributed by atoms with Gasteiger partial charge in [0.1, 0.15) is 34.8 Å². The Hall–Kier alpha value is -4.66. The van der Waals surface area contributed by atoms with Gasteiger partial charge in [0, 0.05) is 23.3 Å². The molecule has 0 radical (unpaired) electrons. The van der Waals surface area contributed by atoms with Gasteiger partial charge in [0.05, 0.1) is 18.1 Å². The maximum atomic E-state index is 14.5. The van der Waals surface area contributed by atoms with Gasteiger partial charge in [0.2, 0.25) is 27.7 Å². The van der Waals surface area contributed by atoms with Crippen molar-refractivity contribution in [1.82, 2.24) is 25.2 Å². The van der Waals surface area contributed by atoms with Gasteiger partial charge in [0.15, 0.2) is 5.58 Å². The molecule has 1 saturated heterocycles. The van der Waals surface area contributed by atoms with E-state index in [1.807, 2.05) is 24.3 Å². The van der Waals surface area contributed by atoms with E-state index in [0.29, 0.717) is 29.3 Å². The molecule has 0 bridgehead atoms. The summed E-state index contributed by atoms with van der Waals surface area (Å²) in [5.74, 6) is -1.94. The Morgan fingerprint density at radius 1 is 1.06 bits per heavy atom. The van der Waals surface area contributed by atoms with E-state index in [0.717, 1.165) is 5.39 Å². The van der Waals surface area contributed by atoms with Crippen LogP contribution in [0, 0.1) is 5.41 Å². The molecule has 2 fully saturated rings. The third-order valence-electron chi connectivity index (χ3n) is 8.82. The number of hydrogen-bond donors (Lipinski definition) is 3. The van der Waals surface area contributed by atoms with Crippen LogP contribution in [0.5, 0.6) is 5.88 Å². The number of likely N-dealkylation sites (tertiary alicyclic amines) is 1. The third-order valence-corrected chi connectivity index (χ3v) is 10.6. The second kappa shape index (κ2) is 13.8. The summed E-state index contributed by atoms with van der Waals surface area (Å²) < 4.78 is 45.0. The predicted molar refractivity (Wildman–Crippen MR) is 190 cm³/mol. The lowest BCUT2D eigenvalue weighted by molar-refractivity contribution is -0.143. The summed E-state index contributed by atoms with van der Waals surface area (Å²) in [6.07, 6.45) is 2.15. The third kappa shape index (κ3) is 8.46. The van der Waals surface area contributed by atoms with Crippen molar-refractivity contribution >= 4 is 55.7 Å². The van der Waals surface area contributed by atoms with E-state index in [-0.39, 0.29) is 25.3 Å². The van der Waals surface area contributed by atoms with Crippen LogP contribution in [0.1, 0.15) is 74.1 Å². The van der Waals surface area contributed by atoms with Crippen LogP contribution in [-0.2, 0) is 29.1 Å². The highest BCUT2D eigenvalue weighted by Gasteiger charge is 2.49. The largest absolute Gasteiger partial charge is 0.472 e. The van der Waals surface area contributed by atoms with E-state index in [9.17, 15) is 27.6 Å². The molecule has 0 unspecified atom stereocenters. The van der Waals surface area contributed by atoms with Crippen LogP contribution in [0.4, 0.5) is 4.79 Å². The van der Waals surface area contributed by atoms with Crippen LogP contribution < -0.4 is 20.1 Å². The molecular formula is C36H47N5O9S. The highest BCUT2D eigenvalue weighted by molar-refractivity contribution is 7.91. The summed E-state index contributed by atoms with van der Waals surface area (Å²) in [5, 5.41) is 6.17. The number of benzene rings is 1. The number of nitrogens with one attached hydrogen (secondary N) is 3. The quantitative estimate of drug-likeness (QED) is 0.240. The standard InChI is InChI=1S/C36H47N5O9S/c1-9-17-36(8,32(44)40-51(46,47)22-14-15-22)39-29(42)26-19-21(49-30-24-13-11-10-12-23(24)27-25(37-30)16-18-48-27)20-41(26)31(43)28(34(2,3)4)38-33(45)50-35(5,6)7/h9-13,16,18,21-22,26,28H,1,14-15,17,19-20H2,2-8H3,(H,38,45)(H,39,42)(H,40,44)/t21-,26+,28-,36-/m1/s1. The fourth-order valence-corrected chi connectivity index (χ4v) is 7.45. The number of alkyl carbamates (subject to hydrolysis) is 1. The van der Waals surface area contributed by atoms with E-state index in [1.165, 1.54) is 24.2 Å². The molecule has 3 N–H and O–H groups in total. The SMILES string of the molecule is C=CC[C@@](C)(NC(=O)[C@@H]1C[C@@H](Oc2nc3ccoc3c3ccccc23)CN1C(=O)[C@@H](NC(=O)OC(C)(C)C)C(C)(C)C)C(=O)NS(=O)(=O)C1CC1. The van der Waals surface area contributed by atoms with E-state index < -0.39 is 73.8 Å². The minimum atomic E-state index is -3.93. The molecule has 276 valence electrons. The Balaban J connectivity index is 1.48. The van der Waals surface area contributed by atoms with Gasteiger partial charge in [-0.2, -0.15) is 0 Å². The first-order valence-corrected chi connectivity index (χ1v) is 18.5. The van der Waals surface area contributed by atoms with Gasteiger partial charge in [-0.05, 0) is 58.4 Å². The number of ether oxygens (including phenoxy) is 2. The van der Waals surface area contributed by atoms with Crippen molar-refractivity contribution in [3.63, 3.8) is 0 Å². The van der Waals surface area contributed by atoms with Crippen LogP contribution in [0.3, 0.4) is 0 Å². The number of amides is 4. The summed E-state index contributed by atoms with van der Waals surface area (Å²) in [6, 6.07) is 6.79. The number of sulfonamides is 1. The molecule has 14 nitrogen and oxygen atoms in total. The van der Waals surface area contributed by atoms with Gasteiger partial charge >= 0.3 is 6.09 Å². The Kier molecular flexibility index (Phi) is 10.2. The van der Waals surface area contributed by atoms with Crippen molar-refractivity contribution in [1.29, 1.82) is 0 Å². The second-order valence-electron chi connectivity index (χ2n) is 15.5. The van der Waals surface area contributed by atoms with Gasteiger partial charge in [-0.1, -0.05) is 45.0 Å². The zero-order valence-electron chi connectivity index (χ0n) is 30.1. The van der Waals surface area contributed by atoms with Crippen molar-refractivity contribution in [3.8, 4) is 5.88 Å². The molecule has 5 rings (SSSR count). The fourth-order valence-electron chi connectivity index (χ4n) is 6.04. The molecule has 1 aromatic carbocycles. The van der Waals surface area contributed by atoms with E-state index >= 15 is 0 Å². The maximum absolute atomic E-state index is 14.5. The summed E-state index contributed by atoms with van der Waals surface area (Å²) in [4.78, 5) is 61.0. The molecule has 2 aliphatic rings. The molecule has 3 heterocycles. The first-order valence-electron chi connectivity index (χ1n) is 16.9. The molecule has 0 spiro atoms. The first kappa shape index (κ1) is 37.6. The summed E-state index contributed by atoms with van der Waals surface area (Å²) in [7, 11) is -3.93. The number of carbonyl (C=O) groups excluding carboxylic acids is 4. The summed E-state index contributed by atoms with van der Waals surface area (Å²) >= 11 is 0. The van der Waals surface area contributed by atoms with Gasteiger partial charge < -0.3 is 29.4 Å². The number of nitrogens with zero attached hydrogens (tertiary/aromatic N) is 2. The molecule has 1 aliphatic carbocycles. The Bertz CT molecular complexity index is 1960. The fraction of sp³-hybridized carbons (Fsp3) is 0.528. The normalized spacial score (nSPS) is 19.9. The van der Waals surface area contributed by atoms with Crippen molar-refractivity contribution in [3.05, 3.63) is 49.2 Å². The van der Waals surface area contributed by atoms with Gasteiger partial charge in [0.25, 0.3) is 5.91 Å². The zero-order valence-corrected chi connectivity index (χ0v) is 30.9. The number of carbonyl (C=O) groups is 4. The molecule has 2 aromatic heterocycles. The average Bonchev–Trinajstić information content (AvgIpc) is 3.65. The molecule has 15 heteroatoms. The van der Waals surface area contributed by atoms with Crippen molar-refractivity contribution in [2.75, 3.05) is 6.54 Å². The number of aromatic nitrogens is 1. The highest BCUT2D eigenvalue weighted by atomic mass is 32.2. The van der Waals surface area contributed by atoms with Crippen molar-refractivity contribution in [2.24, 2.45) is 5.41 Å². The second-order valence-corrected chi connectivity index (χ2v) is 17.5. The molecule has 1 saturated carbocycles. The molecule has 1 aliphatic heterocycles. The first-order chi connectivity index (χ1) is 23.7.